The molecule has 0 saturated carbocycles. The lowest BCUT2D eigenvalue weighted by Crippen LogP contribution is -2.45. The van der Waals surface area contributed by atoms with Crippen molar-refractivity contribution in [2.24, 2.45) is 0 Å². The second kappa shape index (κ2) is 11.4. The molecule has 0 radical (unpaired) electrons. The van der Waals surface area contributed by atoms with E-state index in [0.29, 0.717) is 5.02 Å². The Morgan fingerprint density at radius 1 is 1.13 bits per heavy atom. The van der Waals surface area contributed by atoms with Gasteiger partial charge in [0.1, 0.15) is 23.2 Å². The summed E-state index contributed by atoms with van der Waals surface area (Å²) in [7, 11) is 2.62. The minimum Gasteiger partial charge on any atom is -0.465 e. The molecule has 13 heteroatoms. The molecule has 3 aromatic rings. The van der Waals surface area contributed by atoms with Crippen molar-refractivity contribution in [3.63, 3.8) is 0 Å². The number of hydrogen-bond acceptors (Lipinski definition) is 7. The number of anilines is 2. The molecule has 0 bridgehead atoms. The molecule has 1 aliphatic heterocycles. The van der Waals surface area contributed by atoms with Crippen molar-refractivity contribution >= 4 is 41.0 Å². The molecule has 1 aromatic carbocycles. The summed E-state index contributed by atoms with van der Waals surface area (Å²) >= 11 is 5.82. The SMILES string of the molecule is COC(=O)c1cccn(-c2ccc(NC(=O)[C@H]3C[C@@H](OC)CN3C(=O)Nc3ccc(Cl)cn3)c(F)c2)c1=O. The first-order chi connectivity index (χ1) is 18.2. The summed E-state index contributed by atoms with van der Waals surface area (Å²) in [5.74, 6) is -2.03. The molecule has 2 atom stereocenters. The van der Waals surface area contributed by atoms with Gasteiger partial charge in [0.25, 0.3) is 5.56 Å². The zero-order valence-electron chi connectivity index (χ0n) is 20.3. The number of rotatable bonds is 6. The van der Waals surface area contributed by atoms with Gasteiger partial charge in [-0.15, -0.1) is 0 Å². The number of benzene rings is 1. The molecule has 0 unspecified atom stereocenters. The molecule has 3 amide bonds. The zero-order valence-corrected chi connectivity index (χ0v) is 21.1. The van der Waals surface area contributed by atoms with Crippen molar-refractivity contribution < 1.29 is 28.2 Å². The van der Waals surface area contributed by atoms with Gasteiger partial charge in [0, 0.05) is 38.5 Å². The number of carbonyl (C=O) groups excluding carboxylic acids is 3. The number of hydrogen-bond donors (Lipinski definition) is 2. The standard InChI is InChI=1S/C25H23ClFN5O6/c1-37-16-11-20(32(13-16)25(36)30-21-8-5-14(26)12-28-21)22(33)29-19-7-6-15(10-18(19)27)31-9-3-4-17(23(31)34)24(35)38-2/h3-10,12,16,20H,11,13H2,1-2H3,(H,29,33)(H,28,30,36)/t16-,20-/m1/s1. The smallest absolute Gasteiger partial charge is 0.343 e. The van der Waals surface area contributed by atoms with Crippen molar-refractivity contribution in [1.29, 1.82) is 0 Å². The highest BCUT2D eigenvalue weighted by molar-refractivity contribution is 6.30. The van der Waals surface area contributed by atoms with Crippen LogP contribution < -0.4 is 16.2 Å². The number of urea groups is 1. The minimum atomic E-state index is -0.953. The van der Waals surface area contributed by atoms with E-state index in [1.165, 1.54) is 54.7 Å². The lowest BCUT2D eigenvalue weighted by atomic mass is 10.1. The number of carbonyl (C=O) groups is 3. The number of halogens is 2. The van der Waals surface area contributed by atoms with Gasteiger partial charge in [-0.3, -0.25) is 19.5 Å². The van der Waals surface area contributed by atoms with Crippen molar-refractivity contribution in [3.05, 3.63) is 81.6 Å². The normalized spacial score (nSPS) is 16.7. The largest absolute Gasteiger partial charge is 0.465 e. The minimum absolute atomic E-state index is 0.132. The maximum atomic E-state index is 15.0. The Bertz CT molecular complexity index is 1430. The summed E-state index contributed by atoms with van der Waals surface area (Å²) in [4.78, 5) is 55.7. The summed E-state index contributed by atoms with van der Waals surface area (Å²) in [6.45, 7) is 0.134. The summed E-state index contributed by atoms with van der Waals surface area (Å²) in [5, 5.41) is 5.50. The van der Waals surface area contributed by atoms with E-state index in [2.05, 4.69) is 20.4 Å². The zero-order chi connectivity index (χ0) is 27.4. The van der Waals surface area contributed by atoms with Gasteiger partial charge in [-0.05, 0) is 36.4 Å². The molecular weight excluding hydrogens is 521 g/mol. The highest BCUT2D eigenvalue weighted by atomic mass is 35.5. The molecule has 0 spiro atoms. The van der Waals surface area contributed by atoms with Gasteiger partial charge >= 0.3 is 12.0 Å². The van der Waals surface area contributed by atoms with Crippen LogP contribution in [0.4, 0.5) is 20.7 Å². The quantitative estimate of drug-likeness (QED) is 0.457. The van der Waals surface area contributed by atoms with Crippen LogP contribution in [0.25, 0.3) is 5.69 Å². The number of aromatic nitrogens is 2. The highest BCUT2D eigenvalue weighted by Gasteiger charge is 2.40. The monoisotopic (exact) mass is 543 g/mol. The third-order valence-corrected chi connectivity index (χ3v) is 6.19. The van der Waals surface area contributed by atoms with Crippen molar-refractivity contribution in [1.82, 2.24) is 14.5 Å². The average Bonchev–Trinajstić information content (AvgIpc) is 3.36. The number of likely N-dealkylation sites (tertiary alicyclic amines) is 1. The summed E-state index contributed by atoms with van der Waals surface area (Å²) in [6, 6.07) is 8.02. The van der Waals surface area contributed by atoms with E-state index in [-0.39, 0.29) is 35.7 Å². The first kappa shape index (κ1) is 26.8. The molecule has 3 heterocycles. The Morgan fingerprint density at radius 2 is 1.92 bits per heavy atom. The first-order valence-corrected chi connectivity index (χ1v) is 11.7. The maximum absolute atomic E-state index is 15.0. The van der Waals surface area contributed by atoms with Gasteiger partial charge in [-0.2, -0.15) is 0 Å². The fraction of sp³-hybridized carbons (Fsp3) is 0.240. The summed E-state index contributed by atoms with van der Waals surface area (Å²) < 4.78 is 26.0. The number of methoxy groups -OCH3 is 2. The number of ether oxygens (including phenoxy) is 2. The van der Waals surface area contributed by atoms with Crippen LogP contribution >= 0.6 is 11.6 Å². The third-order valence-electron chi connectivity index (χ3n) is 5.96. The predicted molar refractivity (Wildman–Crippen MR) is 136 cm³/mol. The van der Waals surface area contributed by atoms with Crippen LogP contribution in [0.2, 0.25) is 5.02 Å². The molecule has 38 heavy (non-hydrogen) atoms. The highest BCUT2D eigenvalue weighted by Crippen LogP contribution is 2.24. The molecule has 2 aromatic heterocycles. The molecular formula is C25H23ClFN5O6. The lowest BCUT2D eigenvalue weighted by Gasteiger charge is -2.24. The topological polar surface area (TPSA) is 132 Å². The van der Waals surface area contributed by atoms with E-state index in [0.717, 1.165) is 17.7 Å². The lowest BCUT2D eigenvalue weighted by molar-refractivity contribution is -0.119. The van der Waals surface area contributed by atoms with Crippen LogP contribution in [0.5, 0.6) is 0 Å². The van der Waals surface area contributed by atoms with Crippen LogP contribution in [0.1, 0.15) is 16.8 Å². The Hall–Kier alpha value is -4.29. The second-order valence-corrected chi connectivity index (χ2v) is 8.73. The molecule has 2 N–H and O–H groups in total. The molecule has 11 nitrogen and oxygen atoms in total. The number of esters is 1. The number of nitrogens with zero attached hydrogens (tertiary/aromatic N) is 3. The molecule has 4 rings (SSSR count). The third kappa shape index (κ3) is 5.66. The van der Waals surface area contributed by atoms with Crippen LogP contribution in [0.3, 0.4) is 0 Å². The number of nitrogens with one attached hydrogen (secondary N) is 2. The van der Waals surface area contributed by atoms with Crippen molar-refractivity contribution in [3.8, 4) is 5.69 Å². The average molecular weight is 544 g/mol. The van der Waals surface area contributed by atoms with Crippen molar-refractivity contribution in [2.75, 3.05) is 31.4 Å². The Morgan fingerprint density at radius 3 is 2.58 bits per heavy atom. The van der Waals surface area contributed by atoms with Gasteiger partial charge in [-0.25, -0.2) is 19.0 Å². The summed E-state index contributed by atoms with van der Waals surface area (Å²) in [5.41, 5.74) is -0.928. The fourth-order valence-corrected chi connectivity index (χ4v) is 4.12. The maximum Gasteiger partial charge on any atom is 0.343 e. The molecule has 1 fully saturated rings. The van der Waals surface area contributed by atoms with E-state index in [1.54, 1.807) is 6.07 Å². The number of amides is 3. The molecule has 0 aliphatic carbocycles. The number of pyridine rings is 2. The molecule has 1 aliphatic rings. The van der Waals surface area contributed by atoms with Crippen LogP contribution in [0, 0.1) is 5.82 Å². The van der Waals surface area contributed by atoms with Gasteiger partial charge in [0.05, 0.1) is 29.6 Å². The van der Waals surface area contributed by atoms with E-state index < -0.39 is 41.4 Å². The molecule has 198 valence electrons. The Labute approximate surface area is 221 Å². The first-order valence-electron chi connectivity index (χ1n) is 11.3. The van der Waals surface area contributed by atoms with Gasteiger partial charge in [0.15, 0.2) is 0 Å². The van der Waals surface area contributed by atoms with Gasteiger partial charge in [-0.1, -0.05) is 11.6 Å². The molecule has 1 saturated heterocycles. The van der Waals surface area contributed by atoms with Crippen LogP contribution in [-0.4, -0.2) is 65.3 Å². The van der Waals surface area contributed by atoms with E-state index in [9.17, 15) is 19.2 Å². The Kier molecular flexibility index (Phi) is 8.03. The second-order valence-electron chi connectivity index (χ2n) is 8.30. The van der Waals surface area contributed by atoms with Gasteiger partial charge < -0.3 is 19.7 Å². The predicted octanol–water partition coefficient (Wildman–Crippen LogP) is 3.07. The van der Waals surface area contributed by atoms with Crippen molar-refractivity contribution in [2.45, 2.75) is 18.6 Å². The van der Waals surface area contributed by atoms with Crippen LogP contribution in [-0.2, 0) is 14.3 Å². The fourth-order valence-electron chi connectivity index (χ4n) is 4.01. The Balaban J connectivity index is 1.52. The van der Waals surface area contributed by atoms with E-state index >= 15 is 4.39 Å². The van der Waals surface area contributed by atoms with Gasteiger partial charge in [0.2, 0.25) is 5.91 Å². The summed E-state index contributed by atoms with van der Waals surface area (Å²) in [6.07, 6.45) is 2.53. The van der Waals surface area contributed by atoms with E-state index in [4.69, 9.17) is 16.3 Å². The van der Waals surface area contributed by atoms with E-state index in [1.807, 2.05) is 0 Å². The van der Waals surface area contributed by atoms with Crippen LogP contribution in [0.15, 0.2) is 59.7 Å².